The van der Waals surface area contributed by atoms with Gasteiger partial charge >= 0.3 is 0 Å². The summed E-state index contributed by atoms with van der Waals surface area (Å²) in [7, 11) is 0. The predicted molar refractivity (Wildman–Crippen MR) is 230 cm³/mol. The molecule has 0 spiro atoms. The second-order valence-corrected chi connectivity index (χ2v) is 14.4. The molecular weight excluding hydrogens is 701 g/mol. The average molecular weight is 731 g/mol. The monoisotopic (exact) mass is 730 g/mol. The number of para-hydroxylation sites is 3. The molecule has 0 radical (unpaired) electrons. The van der Waals surface area contributed by atoms with E-state index < -0.39 is 0 Å². The van der Waals surface area contributed by atoms with Crippen molar-refractivity contribution in [2.24, 2.45) is 0 Å². The smallest absolute Gasteiger partial charge is 0.164 e. The van der Waals surface area contributed by atoms with Crippen molar-refractivity contribution in [1.29, 1.82) is 0 Å². The van der Waals surface area contributed by atoms with Crippen LogP contribution in [0, 0.1) is 0 Å². The van der Waals surface area contributed by atoms with Crippen LogP contribution in [0.1, 0.15) is 0 Å². The van der Waals surface area contributed by atoms with Gasteiger partial charge in [0, 0.05) is 43.6 Å². The number of furan rings is 2. The van der Waals surface area contributed by atoms with Crippen LogP contribution in [0.5, 0.6) is 0 Å². The van der Waals surface area contributed by atoms with E-state index in [1.807, 2.05) is 60.7 Å². The molecule has 0 fully saturated rings. The first kappa shape index (κ1) is 31.5. The van der Waals surface area contributed by atoms with Crippen LogP contribution >= 0.6 is 0 Å². The van der Waals surface area contributed by atoms with E-state index in [2.05, 4.69) is 126 Å². The Balaban J connectivity index is 1.06. The van der Waals surface area contributed by atoms with Crippen LogP contribution in [-0.2, 0) is 0 Å². The van der Waals surface area contributed by atoms with E-state index in [0.29, 0.717) is 17.5 Å². The van der Waals surface area contributed by atoms with Crippen LogP contribution in [-0.4, -0.2) is 19.5 Å². The second kappa shape index (κ2) is 12.3. The van der Waals surface area contributed by atoms with Crippen molar-refractivity contribution in [3.8, 4) is 51.0 Å². The van der Waals surface area contributed by atoms with Gasteiger partial charge in [-0.15, -0.1) is 0 Å². The van der Waals surface area contributed by atoms with Gasteiger partial charge in [-0.3, -0.25) is 0 Å². The second-order valence-electron chi connectivity index (χ2n) is 14.4. The molecule has 12 rings (SSSR count). The number of aromatic nitrogens is 4. The van der Waals surface area contributed by atoms with Gasteiger partial charge < -0.3 is 13.4 Å². The highest BCUT2D eigenvalue weighted by Gasteiger charge is 2.21. The highest BCUT2D eigenvalue weighted by Crippen LogP contribution is 2.42. The molecule has 6 nitrogen and oxygen atoms in total. The first-order chi connectivity index (χ1) is 28.2. The van der Waals surface area contributed by atoms with E-state index in [0.717, 1.165) is 88.4 Å². The van der Waals surface area contributed by atoms with Crippen molar-refractivity contribution >= 4 is 65.7 Å². The topological polar surface area (TPSA) is 69.9 Å². The minimum atomic E-state index is 0.551. The number of fused-ring (bicyclic) bond motifs is 9. The zero-order valence-corrected chi connectivity index (χ0v) is 30.4. The third kappa shape index (κ3) is 4.94. The molecule has 0 unspecified atom stereocenters. The molecule has 266 valence electrons. The number of hydrogen-bond acceptors (Lipinski definition) is 5. The largest absolute Gasteiger partial charge is 0.456 e. The summed E-state index contributed by atoms with van der Waals surface area (Å²) in [5, 5.41) is 6.64. The van der Waals surface area contributed by atoms with Crippen LogP contribution in [0.25, 0.3) is 117 Å². The fraction of sp³-hybridized carbons (Fsp3) is 0. The lowest BCUT2D eigenvalue weighted by Crippen LogP contribution is -2.00. The molecule has 8 aromatic carbocycles. The summed E-state index contributed by atoms with van der Waals surface area (Å²) >= 11 is 0. The van der Waals surface area contributed by atoms with Gasteiger partial charge in [0.05, 0.1) is 22.1 Å². The maximum atomic E-state index is 6.65. The van der Waals surface area contributed by atoms with Gasteiger partial charge in [0.15, 0.2) is 17.5 Å². The number of nitrogens with zero attached hydrogens (tertiary/aromatic N) is 4. The lowest BCUT2D eigenvalue weighted by atomic mass is 9.97. The molecule has 0 aliphatic rings. The normalized spacial score (nSPS) is 11.9. The molecule has 4 aromatic heterocycles. The van der Waals surface area contributed by atoms with E-state index in [4.69, 9.17) is 23.8 Å². The minimum absolute atomic E-state index is 0.551. The molecule has 0 amide bonds. The molecule has 12 aromatic rings. The fourth-order valence-electron chi connectivity index (χ4n) is 8.49. The van der Waals surface area contributed by atoms with Gasteiger partial charge in [-0.2, -0.15) is 0 Å². The van der Waals surface area contributed by atoms with Crippen LogP contribution in [0.15, 0.2) is 191 Å². The lowest BCUT2D eigenvalue weighted by Gasteiger charge is -2.11. The maximum Gasteiger partial charge on any atom is 0.164 e. The summed E-state index contributed by atoms with van der Waals surface area (Å²) in [5.41, 5.74) is 11.3. The Kier molecular flexibility index (Phi) is 6.83. The van der Waals surface area contributed by atoms with Crippen molar-refractivity contribution < 1.29 is 8.83 Å². The summed E-state index contributed by atoms with van der Waals surface area (Å²) in [6.45, 7) is 0. The van der Waals surface area contributed by atoms with Crippen LogP contribution in [0.2, 0.25) is 0 Å². The molecule has 0 saturated heterocycles. The third-order valence-electron chi connectivity index (χ3n) is 11.0. The van der Waals surface area contributed by atoms with Gasteiger partial charge in [0.25, 0.3) is 0 Å². The lowest BCUT2D eigenvalue weighted by molar-refractivity contribution is 0.668. The van der Waals surface area contributed by atoms with E-state index in [1.165, 1.54) is 10.8 Å². The zero-order valence-electron chi connectivity index (χ0n) is 30.4. The zero-order chi connectivity index (χ0) is 37.5. The molecule has 0 aliphatic heterocycles. The first-order valence-electron chi connectivity index (χ1n) is 19.0. The van der Waals surface area contributed by atoms with Crippen LogP contribution in [0.4, 0.5) is 0 Å². The van der Waals surface area contributed by atoms with Gasteiger partial charge in [0.1, 0.15) is 22.3 Å². The number of hydrogen-bond donors (Lipinski definition) is 0. The number of benzene rings is 8. The van der Waals surface area contributed by atoms with Gasteiger partial charge in [0.2, 0.25) is 0 Å². The van der Waals surface area contributed by atoms with Gasteiger partial charge in [-0.25, -0.2) is 15.0 Å². The summed E-state index contributed by atoms with van der Waals surface area (Å²) < 4.78 is 15.5. The molecule has 0 bridgehead atoms. The molecule has 0 atom stereocenters. The fourth-order valence-corrected chi connectivity index (χ4v) is 8.49. The molecule has 0 N–H and O–H groups in total. The van der Waals surface area contributed by atoms with Crippen LogP contribution < -0.4 is 0 Å². The Hall–Kier alpha value is -7.83. The Bertz CT molecular complexity index is 3470. The summed E-state index contributed by atoms with van der Waals surface area (Å²) in [6.07, 6.45) is 0. The van der Waals surface area contributed by atoms with Gasteiger partial charge in [-0.05, 0) is 65.7 Å². The standard InChI is InChI=1S/C51H30N4O2/c1-3-14-31(15-4-1)39-28-34(30-46-47(39)37-20-9-12-24-43(37)56-46)51-53-49(32-16-5-2-6-17-32)52-50(54-51)33-26-27-38-45(29-33)57-44-25-13-23-42(48(38)44)55-40-21-10-7-18-35(40)36-19-8-11-22-41(36)55/h1-30H. The Morgan fingerprint density at radius 3 is 1.61 bits per heavy atom. The molecule has 0 saturated carbocycles. The quantitative estimate of drug-likeness (QED) is 0.176. The average Bonchev–Trinajstić information content (AvgIpc) is 3.96. The predicted octanol–water partition coefficient (Wildman–Crippen LogP) is 13.4. The molecule has 6 heteroatoms. The Morgan fingerprint density at radius 1 is 0.333 bits per heavy atom. The van der Waals surface area contributed by atoms with E-state index in [-0.39, 0.29) is 0 Å². The molecular formula is C51H30N4O2. The van der Waals surface area contributed by atoms with Crippen molar-refractivity contribution in [2.75, 3.05) is 0 Å². The van der Waals surface area contributed by atoms with E-state index in [9.17, 15) is 0 Å². The maximum absolute atomic E-state index is 6.65. The molecule has 57 heavy (non-hydrogen) atoms. The Morgan fingerprint density at radius 2 is 0.877 bits per heavy atom. The highest BCUT2D eigenvalue weighted by atomic mass is 16.3. The highest BCUT2D eigenvalue weighted by molar-refractivity contribution is 6.15. The van der Waals surface area contributed by atoms with Crippen molar-refractivity contribution in [3.63, 3.8) is 0 Å². The van der Waals surface area contributed by atoms with Crippen molar-refractivity contribution in [2.45, 2.75) is 0 Å². The van der Waals surface area contributed by atoms with Crippen molar-refractivity contribution in [3.05, 3.63) is 182 Å². The summed E-state index contributed by atoms with van der Waals surface area (Å²) in [4.78, 5) is 15.3. The summed E-state index contributed by atoms with van der Waals surface area (Å²) in [5.74, 6) is 1.69. The molecule has 0 aliphatic carbocycles. The van der Waals surface area contributed by atoms with Gasteiger partial charge in [-0.1, -0.05) is 127 Å². The minimum Gasteiger partial charge on any atom is -0.456 e. The summed E-state index contributed by atoms with van der Waals surface area (Å²) in [6, 6.07) is 62.6. The molecule has 4 heterocycles. The first-order valence-corrected chi connectivity index (χ1v) is 19.0. The van der Waals surface area contributed by atoms with E-state index in [1.54, 1.807) is 0 Å². The SMILES string of the molecule is c1ccc(-c2nc(-c3ccc4c(c3)oc3cccc(-n5c6ccccc6c6ccccc65)c34)nc(-c3cc(-c4ccccc4)c4c(c3)oc3ccccc34)n2)cc1. The third-order valence-corrected chi connectivity index (χ3v) is 11.0. The van der Waals surface area contributed by atoms with Crippen LogP contribution in [0.3, 0.4) is 0 Å². The van der Waals surface area contributed by atoms with Crippen molar-refractivity contribution in [1.82, 2.24) is 19.5 Å². The Labute approximate surface area is 325 Å². The van der Waals surface area contributed by atoms with E-state index >= 15 is 0 Å². The number of rotatable bonds is 5.